The average Bonchev–Trinajstić information content (AvgIpc) is 2.99. The minimum atomic E-state index is -0.855. The van der Waals surface area contributed by atoms with Gasteiger partial charge in [-0.05, 0) is 36.0 Å². The standard InChI is InChI=1S/C21H22F2N2O/c1-4-21(13-6-14(22)8-15(23)7-13)16-11-24-25-17(16)5-12-9-20(2,3)10-18(26)19(12)21/h6-8,11H,4-5,9-10H2,1-3H3,(H,24,25)/t21-/m0/s1. The number of fused-ring (bicyclic) bond motifs is 1. The first kappa shape index (κ1) is 17.1. The van der Waals surface area contributed by atoms with Crippen LogP contribution in [-0.2, 0) is 16.6 Å². The highest BCUT2D eigenvalue weighted by atomic mass is 19.1. The van der Waals surface area contributed by atoms with Crippen LogP contribution >= 0.6 is 0 Å². The van der Waals surface area contributed by atoms with Crippen molar-refractivity contribution in [3.63, 3.8) is 0 Å². The topological polar surface area (TPSA) is 45.8 Å². The number of hydrogen-bond acceptors (Lipinski definition) is 2. The Morgan fingerprint density at radius 1 is 1.15 bits per heavy atom. The molecule has 1 aromatic heterocycles. The summed E-state index contributed by atoms with van der Waals surface area (Å²) >= 11 is 0. The summed E-state index contributed by atoms with van der Waals surface area (Å²) in [4.78, 5) is 13.2. The van der Waals surface area contributed by atoms with Crippen molar-refractivity contribution in [2.75, 3.05) is 0 Å². The number of aromatic nitrogens is 2. The zero-order valence-corrected chi connectivity index (χ0v) is 15.2. The largest absolute Gasteiger partial charge is 0.294 e. The predicted octanol–water partition coefficient (Wildman–Crippen LogP) is 4.63. The quantitative estimate of drug-likeness (QED) is 0.853. The van der Waals surface area contributed by atoms with Gasteiger partial charge in [-0.1, -0.05) is 26.3 Å². The summed E-state index contributed by atoms with van der Waals surface area (Å²) in [5, 5.41) is 7.22. The number of ketones is 1. The molecule has 26 heavy (non-hydrogen) atoms. The Morgan fingerprint density at radius 2 is 1.85 bits per heavy atom. The summed E-state index contributed by atoms with van der Waals surface area (Å²) in [6.45, 7) is 6.14. The number of carbonyl (C=O) groups excluding carboxylic acids is 1. The molecule has 5 heteroatoms. The molecule has 1 N–H and O–H groups in total. The van der Waals surface area contributed by atoms with Crippen LogP contribution in [0.5, 0.6) is 0 Å². The third-order valence-electron chi connectivity index (χ3n) is 5.84. The van der Waals surface area contributed by atoms with Gasteiger partial charge in [0, 0.05) is 35.7 Å². The van der Waals surface area contributed by atoms with E-state index < -0.39 is 17.0 Å². The van der Waals surface area contributed by atoms with Crippen LogP contribution in [0.3, 0.4) is 0 Å². The number of rotatable bonds is 2. The molecular weight excluding hydrogens is 334 g/mol. The minimum Gasteiger partial charge on any atom is -0.294 e. The second kappa shape index (κ2) is 5.60. The van der Waals surface area contributed by atoms with Crippen molar-refractivity contribution < 1.29 is 13.6 Å². The Hall–Kier alpha value is -2.30. The van der Waals surface area contributed by atoms with Crippen molar-refractivity contribution >= 4 is 5.78 Å². The van der Waals surface area contributed by atoms with Gasteiger partial charge in [0.2, 0.25) is 0 Å². The fourth-order valence-corrected chi connectivity index (χ4v) is 4.97. The molecule has 0 radical (unpaired) electrons. The SMILES string of the molecule is CC[C@@]1(c2cc(F)cc(F)c2)C2=C(Cc3[nH]ncc31)CC(C)(C)CC2=O. The van der Waals surface area contributed by atoms with Gasteiger partial charge in [0.05, 0.1) is 11.6 Å². The summed E-state index contributed by atoms with van der Waals surface area (Å²) in [6.07, 6.45) is 4.12. The van der Waals surface area contributed by atoms with E-state index in [9.17, 15) is 13.6 Å². The van der Waals surface area contributed by atoms with Gasteiger partial charge in [-0.3, -0.25) is 9.89 Å². The molecule has 3 nitrogen and oxygen atoms in total. The maximum atomic E-state index is 14.1. The van der Waals surface area contributed by atoms with Crippen LogP contribution in [0, 0.1) is 17.0 Å². The van der Waals surface area contributed by atoms with Gasteiger partial charge in [-0.25, -0.2) is 8.78 Å². The van der Waals surface area contributed by atoms with Crippen LogP contribution in [0.25, 0.3) is 0 Å². The molecule has 1 heterocycles. The number of hydrogen-bond donors (Lipinski definition) is 1. The molecule has 0 bridgehead atoms. The lowest BCUT2D eigenvalue weighted by Crippen LogP contribution is -2.42. The van der Waals surface area contributed by atoms with E-state index in [0.29, 0.717) is 24.8 Å². The van der Waals surface area contributed by atoms with E-state index in [-0.39, 0.29) is 11.2 Å². The number of nitrogens with zero attached hydrogens (tertiary/aromatic N) is 1. The number of nitrogens with one attached hydrogen (secondary N) is 1. The number of benzene rings is 1. The number of H-pyrrole nitrogens is 1. The first-order chi connectivity index (χ1) is 12.3. The van der Waals surface area contributed by atoms with E-state index in [1.54, 1.807) is 6.20 Å². The van der Waals surface area contributed by atoms with Gasteiger partial charge < -0.3 is 0 Å². The predicted molar refractivity (Wildman–Crippen MR) is 94.8 cm³/mol. The van der Waals surface area contributed by atoms with Gasteiger partial charge in [0.25, 0.3) is 0 Å². The van der Waals surface area contributed by atoms with Gasteiger partial charge in [-0.15, -0.1) is 0 Å². The van der Waals surface area contributed by atoms with Crippen molar-refractivity contribution in [2.45, 2.75) is 51.9 Å². The second-order valence-electron chi connectivity index (χ2n) is 8.28. The molecule has 1 aromatic carbocycles. The highest BCUT2D eigenvalue weighted by molar-refractivity contribution is 6.01. The van der Waals surface area contributed by atoms with Crippen LogP contribution in [0.2, 0.25) is 0 Å². The molecule has 2 aliphatic carbocycles. The maximum Gasteiger partial charge on any atom is 0.160 e. The van der Waals surface area contributed by atoms with E-state index in [1.165, 1.54) is 12.1 Å². The molecule has 136 valence electrons. The molecule has 0 saturated carbocycles. The summed E-state index contributed by atoms with van der Waals surface area (Å²) in [5.41, 5.74) is 3.10. The van der Waals surface area contributed by atoms with Crippen LogP contribution in [-0.4, -0.2) is 16.0 Å². The monoisotopic (exact) mass is 356 g/mol. The van der Waals surface area contributed by atoms with E-state index in [0.717, 1.165) is 34.9 Å². The van der Waals surface area contributed by atoms with Crippen molar-refractivity contribution in [1.29, 1.82) is 0 Å². The maximum absolute atomic E-state index is 14.1. The van der Waals surface area contributed by atoms with Crippen molar-refractivity contribution in [3.05, 3.63) is 64.0 Å². The Morgan fingerprint density at radius 3 is 2.50 bits per heavy atom. The van der Waals surface area contributed by atoms with E-state index in [4.69, 9.17) is 0 Å². The Bertz CT molecular complexity index is 921. The van der Waals surface area contributed by atoms with Gasteiger partial charge in [0.15, 0.2) is 5.78 Å². The summed E-state index contributed by atoms with van der Waals surface area (Å²) in [5.74, 6) is -1.18. The average molecular weight is 356 g/mol. The minimum absolute atomic E-state index is 0.0784. The molecule has 2 aromatic rings. The number of Topliss-reactive ketones (excluding diaryl/α,β-unsaturated/α-hetero) is 1. The molecule has 0 unspecified atom stereocenters. The van der Waals surface area contributed by atoms with Gasteiger partial charge in [-0.2, -0.15) is 5.10 Å². The van der Waals surface area contributed by atoms with E-state index >= 15 is 0 Å². The van der Waals surface area contributed by atoms with Gasteiger partial charge in [0.1, 0.15) is 11.6 Å². The Kier molecular flexibility index (Phi) is 3.69. The molecule has 0 fully saturated rings. The lowest BCUT2D eigenvalue weighted by atomic mass is 9.57. The highest BCUT2D eigenvalue weighted by Crippen LogP contribution is 2.53. The number of allylic oxidation sites excluding steroid dienone is 2. The number of aromatic amines is 1. The van der Waals surface area contributed by atoms with E-state index in [2.05, 4.69) is 24.0 Å². The third-order valence-corrected chi connectivity index (χ3v) is 5.84. The molecule has 4 rings (SSSR count). The van der Waals surface area contributed by atoms with Crippen LogP contribution < -0.4 is 0 Å². The van der Waals surface area contributed by atoms with Crippen LogP contribution in [0.15, 0.2) is 35.5 Å². The van der Waals surface area contributed by atoms with Crippen molar-refractivity contribution in [2.24, 2.45) is 5.41 Å². The molecular formula is C21H22F2N2O. The first-order valence-corrected chi connectivity index (χ1v) is 9.02. The molecule has 0 saturated heterocycles. The van der Waals surface area contributed by atoms with E-state index in [1.807, 2.05) is 6.92 Å². The summed E-state index contributed by atoms with van der Waals surface area (Å²) in [7, 11) is 0. The van der Waals surface area contributed by atoms with Crippen LogP contribution in [0.4, 0.5) is 8.78 Å². The zero-order chi connectivity index (χ0) is 18.7. The Labute approximate surface area is 151 Å². The molecule has 1 atom stereocenters. The lowest BCUT2D eigenvalue weighted by Gasteiger charge is -2.45. The molecule has 0 spiro atoms. The van der Waals surface area contributed by atoms with Gasteiger partial charge >= 0.3 is 0 Å². The lowest BCUT2D eigenvalue weighted by molar-refractivity contribution is -0.118. The summed E-state index contributed by atoms with van der Waals surface area (Å²) in [6, 6.07) is 3.58. The normalized spacial score (nSPS) is 24.4. The Balaban J connectivity index is 2.05. The fourth-order valence-electron chi connectivity index (χ4n) is 4.97. The highest BCUT2D eigenvalue weighted by Gasteiger charge is 2.49. The third kappa shape index (κ3) is 2.37. The van der Waals surface area contributed by atoms with Crippen molar-refractivity contribution in [3.8, 4) is 0 Å². The molecule has 0 aliphatic heterocycles. The number of carbonyl (C=O) groups is 1. The fraction of sp³-hybridized carbons (Fsp3) is 0.429. The molecule has 2 aliphatic rings. The van der Waals surface area contributed by atoms with Crippen molar-refractivity contribution in [1.82, 2.24) is 10.2 Å². The smallest absolute Gasteiger partial charge is 0.160 e. The zero-order valence-electron chi connectivity index (χ0n) is 15.2. The summed E-state index contributed by atoms with van der Waals surface area (Å²) < 4.78 is 28.1. The number of halogens is 2. The first-order valence-electron chi connectivity index (χ1n) is 9.02. The second-order valence-corrected chi connectivity index (χ2v) is 8.28. The van der Waals surface area contributed by atoms with Crippen LogP contribution in [0.1, 0.15) is 56.9 Å². The molecule has 0 amide bonds.